The van der Waals surface area contributed by atoms with E-state index < -0.39 is 0 Å². The maximum absolute atomic E-state index is 12.6. The molecular formula is C20H24N2O5. The highest BCUT2D eigenvalue weighted by Crippen LogP contribution is 2.34. The van der Waals surface area contributed by atoms with Gasteiger partial charge in [0.05, 0.1) is 20.3 Å². The van der Waals surface area contributed by atoms with Crippen LogP contribution in [0.5, 0.6) is 23.0 Å². The van der Waals surface area contributed by atoms with Gasteiger partial charge in [0.25, 0.3) is 0 Å². The number of nitrogens with zero attached hydrogens (tertiary/aromatic N) is 1. The molecule has 1 amide bonds. The number of carbonyl (C=O) groups is 1. The second kappa shape index (κ2) is 8.18. The minimum absolute atomic E-state index is 0.108. The van der Waals surface area contributed by atoms with Crippen molar-refractivity contribution < 1.29 is 23.7 Å². The first kappa shape index (κ1) is 18.8. The van der Waals surface area contributed by atoms with E-state index in [4.69, 9.17) is 18.9 Å². The zero-order valence-electron chi connectivity index (χ0n) is 15.9. The average molecular weight is 372 g/mol. The van der Waals surface area contributed by atoms with Gasteiger partial charge in [0, 0.05) is 29.9 Å². The summed E-state index contributed by atoms with van der Waals surface area (Å²) in [6.45, 7) is 2.62. The quantitative estimate of drug-likeness (QED) is 0.806. The lowest BCUT2D eigenvalue weighted by Crippen LogP contribution is -2.39. The number of ether oxygens (including phenoxy) is 4. The number of fused-ring (bicyclic) bond motifs is 1. The SMILES string of the molecule is COc1ccc(CN(C)C(C)C(=O)Nc2ccc3c(c2)OCO3)c(OC)c1. The fraction of sp³-hybridized carbons (Fsp3) is 0.350. The maximum atomic E-state index is 12.6. The van der Waals surface area contributed by atoms with Crippen molar-refractivity contribution in [1.82, 2.24) is 4.90 Å². The number of amides is 1. The van der Waals surface area contributed by atoms with Gasteiger partial charge in [-0.1, -0.05) is 6.07 Å². The van der Waals surface area contributed by atoms with Crippen molar-refractivity contribution in [1.29, 1.82) is 0 Å². The molecule has 1 N–H and O–H groups in total. The number of carbonyl (C=O) groups excluding carboxylic acids is 1. The summed E-state index contributed by atoms with van der Waals surface area (Å²) in [4.78, 5) is 14.6. The lowest BCUT2D eigenvalue weighted by atomic mass is 10.1. The number of benzene rings is 2. The average Bonchev–Trinajstić information content (AvgIpc) is 3.15. The number of nitrogens with one attached hydrogen (secondary N) is 1. The predicted octanol–water partition coefficient (Wildman–Crippen LogP) is 2.89. The molecule has 7 heteroatoms. The zero-order chi connectivity index (χ0) is 19.4. The molecule has 1 atom stereocenters. The van der Waals surface area contributed by atoms with Crippen LogP contribution in [0, 0.1) is 0 Å². The van der Waals surface area contributed by atoms with Crippen LogP contribution in [0.4, 0.5) is 5.69 Å². The second-order valence-corrected chi connectivity index (χ2v) is 6.33. The van der Waals surface area contributed by atoms with Crippen LogP contribution >= 0.6 is 0 Å². The molecule has 0 radical (unpaired) electrons. The Morgan fingerprint density at radius 3 is 2.67 bits per heavy atom. The standard InChI is InChI=1S/C20H24N2O5/c1-13(20(23)21-15-6-8-17-19(9-15)27-12-26-17)22(2)11-14-5-7-16(24-3)10-18(14)25-4/h5-10,13H,11-12H2,1-4H3,(H,21,23). The minimum atomic E-state index is -0.345. The van der Waals surface area contributed by atoms with E-state index in [0.717, 1.165) is 17.1 Å². The maximum Gasteiger partial charge on any atom is 0.241 e. The Labute approximate surface area is 158 Å². The summed E-state index contributed by atoms with van der Waals surface area (Å²) in [7, 11) is 5.13. The third-order valence-corrected chi connectivity index (χ3v) is 4.59. The van der Waals surface area contributed by atoms with Crippen molar-refractivity contribution in [2.45, 2.75) is 19.5 Å². The highest BCUT2D eigenvalue weighted by molar-refractivity contribution is 5.94. The van der Waals surface area contributed by atoms with Crippen molar-refractivity contribution in [3.63, 3.8) is 0 Å². The van der Waals surface area contributed by atoms with Crippen LogP contribution < -0.4 is 24.3 Å². The molecule has 1 unspecified atom stereocenters. The predicted molar refractivity (Wildman–Crippen MR) is 102 cm³/mol. The molecule has 0 aromatic heterocycles. The van der Waals surface area contributed by atoms with Gasteiger partial charge in [0.1, 0.15) is 11.5 Å². The lowest BCUT2D eigenvalue weighted by Gasteiger charge is -2.25. The molecule has 0 fully saturated rings. The van der Waals surface area contributed by atoms with E-state index in [-0.39, 0.29) is 18.7 Å². The zero-order valence-corrected chi connectivity index (χ0v) is 15.9. The number of methoxy groups -OCH3 is 2. The monoisotopic (exact) mass is 372 g/mol. The van der Waals surface area contributed by atoms with Crippen LogP contribution in [0.3, 0.4) is 0 Å². The van der Waals surface area contributed by atoms with E-state index in [1.807, 2.05) is 37.1 Å². The Bertz CT molecular complexity index is 824. The molecule has 3 rings (SSSR count). The topological polar surface area (TPSA) is 69.3 Å². The van der Waals surface area contributed by atoms with Gasteiger partial charge in [-0.3, -0.25) is 9.69 Å². The van der Waals surface area contributed by atoms with Gasteiger partial charge in [0.2, 0.25) is 12.7 Å². The van der Waals surface area contributed by atoms with Gasteiger partial charge in [-0.15, -0.1) is 0 Å². The van der Waals surface area contributed by atoms with Crippen LogP contribution in [0.2, 0.25) is 0 Å². The second-order valence-electron chi connectivity index (χ2n) is 6.33. The highest BCUT2D eigenvalue weighted by atomic mass is 16.7. The molecule has 0 spiro atoms. The number of rotatable bonds is 7. The molecule has 1 aliphatic heterocycles. The molecule has 0 saturated carbocycles. The van der Waals surface area contributed by atoms with Crippen molar-refractivity contribution in [2.75, 3.05) is 33.4 Å². The Morgan fingerprint density at radius 1 is 1.15 bits per heavy atom. The molecule has 1 aliphatic rings. The number of hydrogen-bond acceptors (Lipinski definition) is 6. The van der Waals surface area contributed by atoms with Crippen molar-refractivity contribution in [3.05, 3.63) is 42.0 Å². The normalized spacial score (nSPS) is 13.4. The Hall–Kier alpha value is -2.93. The highest BCUT2D eigenvalue weighted by Gasteiger charge is 2.21. The minimum Gasteiger partial charge on any atom is -0.497 e. The summed E-state index contributed by atoms with van der Waals surface area (Å²) in [6.07, 6.45) is 0. The van der Waals surface area contributed by atoms with E-state index in [9.17, 15) is 4.79 Å². The molecular weight excluding hydrogens is 348 g/mol. The van der Waals surface area contributed by atoms with Gasteiger partial charge in [-0.2, -0.15) is 0 Å². The first-order valence-electron chi connectivity index (χ1n) is 8.63. The number of hydrogen-bond donors (Lipinski definition) is 1. The van der Waals surface area contributed by atoms with E-state index in [1.165, 1.54) is 0 Å². The fourth-order valence-electron chi connectivity index (χ4n) is 2.81. The van der Waals surface area contributed by atoms with Crippen LogP contribution in [-0.4, -0.2) is 44.9 Å². The van der Waals surface area contributed by atoms with Crippen molar-refractivity contribution >= 4 is 11.6 Å². The Morgan fingerprint density at radius 2 is 1.93 bits per heavy atom. The molecule has 0 aliphatic carbocycles. The smallest absolute Gasteiger partial charge is 0.241 e. The third kappa shape index (κ3) is 4.25. The number of anilines is 1. The lowest BCUT2D eigenvalue weighted by molar-refractivity contribution is -0.120. The Kier molecular flexibility index (Phi) is 5.71. The first-order valence-corrected chi connectivity index (χ1v) is 8.63. The third-order valence-electron chi connectivity index (χ3n) is 4.59. The van der Waals surface area contributed by atoms with Crippen molar-refractivity contribution in [3.8, 4) is 23.0 Å². The number of likely N-dealkylation sites (N-methyl/N-ethyl adjacent to an activating group) is 1. The van der Waals surface area contributed by atoms with Gasteiger partial charge >= 0.3 is 0 Å². The fourth-order valence-corrected chi connectivity index (χ4v) is 2.81. The molecule has 0 saturated heterocycles. The summed E-state index contributed by atoms with van der Waals surface area (Å²) in [5.74, 6) is 2.67. The van der Waals surface area contributed by atoms with E-state index >= 15 is 0 Å². The van der Waals surface area contributed by atoms with E-state index in [0.29, 0.717) is 23.7 Å². The van der Waals surface area contributed by atoms with Crippen LogP contribution in [0.15, 0.2) is 36.4 Å². The summed E-state index contributed by atoms with van der Waals surface area (Å²) in [5.41, 5.74) is 1.65. The Balaban J connectivity index is 1.64. The summed E-state index contributed by atoms with van der Waals surface area (Å²) in [6, 6.07) is 10.7. The van der Waals surface area contributed by atoms with Crippen LogP contribution in [0.25, 0.3) is 0 Å². The van der Waals surface area contributed by atoms with Crippen LogP contribution in [0.1, 0.15) is 12.5 Å². The largest absolute Gasteiger partial charge is 0.497 e. The van der Waals surface area contributed by atoms with Gasteiger partial charge in [0.15, 0.2) is 11.5 Å². The van der Waals surface area contributed by atoms with Gasteiger partial charge < -0.3 is 24.3 Å². The van der Waals surface area contributed by atoms with E-state index in [1.54, 1.807) is 32.4 Å². The van der Waals surface area contributed by atoms with E-state index in [2.05, 4.69) is 5.32 Å². The molecule has 2 aromatic rings. The molecule has 7 nitrogen and oxygen atoms in total. The summed E-state index contributed by atoms with van der Waals surface area (Å²) in [5, 5.41) is 2.92. The molecule has 2 aromatic carbocycles. The molecule has 144 valence electrons. The van der Waals surface area contributed by atoms with Crippen LogP contribution in [-0.2, 0) is 11.3 Å². The summed E-state index contributed by atoms with van der Waals surface area (Å²) < 4.78 is 21.3. The summed E-state index contributed by atoms with van der Waals surface area (Å²) >= 11 is 0. The molecule has 1 heterocycles. The van der Waals surface area contributed by atoms with Crippen molar-refractivity contribution in [2.24, 2.45) is 0 Å². The first-order chi connectivity index (χ1) is 13.0. The van der Waals surface area contributed by atoms with Gasteiger partial charge in [-0.05, 0) is 32.2 Å². The molecule has 0 bridgehead atoms. The van der Waals surface area contributed by atoms with Gasteiger partial charge in [-0.25, -0.2) is 0 Å². The molecule has 27 heavy (non-hydrogen) atoms.